The van der Waals surface area contributed by atoms with Crippen molar-refractivity contribution in [2.24, 2.45) is 0 Å². The fraction of sp³-hybridized carbons (Fsp3) is 0.714. The van der Waals surface area contributed by atoms with Gasteiger partial charge in [-0.1, -0.05) is 0 Å². The molecule has 1 aliphatic rings. The molecule has 1 amide bonds. The number of hydrogen-bond donors (Lipinski definition) is 2. The summed E-state index contributed by atoms with van der Waals surface area (Å²) >= 11 is 0. The summed E-state index contributed by atoms with van der Waals surface area (Å²) in [6.45, 7) is 6.35. The molecule has 1 fully saturated rings. The molecule has 1 unspecified atom stereocenters. The largest absolute Gasteiger partial charge is 0.340 e. The van der Waals surface area contributed by atoms with Gasteiger partial charge in [-0.2, -0.15) is 5.10 Å². The van der Waals surface area contributed by atoms with Gasteiger partial charge in [-0.05, 0) is 39.7 Å². The van der Waals surface area contributed by atoms with E-state index in [0.29, 0.717) is 13.1 Å². The second kappa shape index (κ2) is 6.00. The predicted octanol–water partition coefficient (Wildman–Crippen LogP) is 0.752. The molecule has 1 atom stereocenters. The quantitative estimate of drug-likeness (QED) is 0.853. The standard InChI is InChI=1S/C14H24N4O3S/c1-10-8-12(16-15-10)11-6-5-7-18(9-11)13(19)14(2,3)17-22(4,20)21/h8,11,17H,5-7,9H2,1-4H3,(H,15,16). The molecule has 0 aromatic carbocycles. The molecule has 1 aliphatic heterocycles. The Bertz CT molecular complexity index is 651. The summed E-state index contributed by atoms with van der Waals surface area (Å²) in [5.41, 5.74) is 0.818. The molecule has 2 rings (SSSR count). The predicted molar refractivity (Wildman–Crippen MR) is 83.9 cm³/mol. The van der Waals surface area contributed by atoms with Crippen LogP contribution in [0.15, 0.2) is 6.07 Å². The van der Waals surface area contributed by atoms with Crippen molar-refractivity contribution in [2.75, 3.05) is 19.3 Å². The van der Waals surface area contributed by atoms with E-state index in [0.717, 1.165) is 30.5 Å². The van der Waals surface area contributed by atoms with Crippen LogP contribution in [0.5, 0.6) is 0 Å². The van der Waals surface area contributed by atoms with E-state index in [1.165, 1.54) is 0 Å². The fourth-order valence-electron chi connectivity index (χ4n) is 2.95. The van der Waals surface area contributed by atoms with Crippen molar-refractivity contribution >= 4 is 15.9 Å². The molecule has 2 N–H and O–H groups in total. The molecule has 0 aliphatic carbocycles. The number of carbonyl (C=O) groups excluding carboxylic acids is 1. The molecule has 22 heavy (non-hydrogen) atoms. The van der Waals surface area contributed by atoms with E-state index >= 15 is 0 Å². The van der Waals surface area contributed by atoms with Crippen molar-refractivity contribution in [2.45, 2.75) is 45.1 Å². The normalized spacial score (nSPS) is 20.2. The molecule has 0 radical (unpaired) electrons. The van der Waals surface area contributed by atoms with Gasteiger partial charge in [0.05, 0.1) is 11.9 Å². The molecule has 2 heterocycles. The Hall–Kier alpha value is -1.41. The number of carbonyl (C=O) groups is 1. The Labute approximate surface area is 131 Å². The summed E-state index contributed by atoms with van der Waals surface area (Å²) in [5, 5.41) is 7.21. The Morgan fingerprint density at radius 2 is 2.18 bits per heavy atom. The average Bonchev–Trinajstić information content (AvgIpc) is 2.82. The molecule has 0 saturated carbocycles. The van der Waals surface area contributed by atoms with Gasteiger partial charge >= 0.3 is 0 Å². The van der Waals surface area contributed by atoms with Crippen LogP contribution < -0.4 is 4.72 Å². The number of nitrogens with one attached hydrogen (secondary N) is 2. The van der Waals surface area contributed by atoms with E-state index in [1.54, 1.807) is 18.7 Å². The van der Waals surface area contributed by atoms with Crippen molar-refractivity contribution in [1.29, 1.82) is 0 Å². The minimum atomic E-state index is -3.44. The third kappa shape index (κ3) is 4.07. The number of hydrogen-bond acceptors (Lipinski definition) is 4. The number of aromatic nitrogens is 2. The molecule has 124 valence electrons. The first-order chi connectivity index (χ1) is 10.1. The van der Waals surface area contributed by atoms with Crippen LogP contribution in [-0.4, -0.2) is 54.3 Å². The first-order valence-electron chi connectivity index (χ1n) is 7.39. The number of nitrogens with zero attached hydrogens (tertiary/aromatic N) is 2. The van der Waals surface area contributed by atoms with E-state index in [1.807, 2.05) is 13.0 Å². The maximum atomic E-state index is 12.7. The zero-order valence-electron chi connectivity index (χ0n) is 13.5. The Morgan fingerprint density at radius 1 is 1.50 bits per heavy atom. The molecular weight excluding hydrogens is 304 g/mol. The summed E-state index contributed by atoms with van der Waals surface area (Å²) in [7, 11) is -3.44. The smallest absolute Gasteiger partial charge is 0.243 e. The van der Waals surface area contributed by atoms with Gasteiger partial charge in [-0.15, -0.1) is 0 Å². The number of sulfonamides is 1. The minimum Gasteiger partial charge on any atom is -0.340 e. The summed E-state index contributed by atoms with van der Waals surface area (Å²) in [4.78, 5) is 14.4. The van der Waals surface area contributed by atoms with Crippen LogP contribution in [0.2, 0.25) is 0 Å². The molecule has 1 saturated heterocycles. The second-order valence-corrected chi connectivity index (χ2v) is 8.31. The highest BCUT2D eigenvalue weighted by Gasteiger charge is 2.37. The lowest BCUT2D eigenvalue weighted by molar-refractivity contribution is -0.137. The van der Waals surface area contributed by atoms with E-state index in [-0.39, 0.29) is 11.8 Å². The van der Waals surface area contributed by atoms with Crippen molar-refractivity contribution < 1.29 is 13.2 Å². The molecule has 0 bridgehead atoms. The summed E-state index contributed by atoms with van der Waals surface area (Å²) in [6, 6.07) is 2.00. The third-order valence-corrected chi connectivity index (χ3v) is 4.71. The van der Waals surface area contributed by atoms with Crippen LogP contribution in [0.25, 0.3) is 0 Å². The molecule has 7 nitrogen and oxygen atoms in total. The number of aryl methyl sites for hydroxylation is 1. The van der Waals surface area contributed by atoms with E-state index in [9.17, 15) is 13.2 Å². The second-order valence-electron chi connectivity index (χ2n) is 6.57. The van der Waals surface area contributed by atoms with Gasteiger partial charge in [-0.25, -0.2) is 13.1 Å². The average molecular weight is 328 g/mol. The topological polar surface area (TPSA) is 95.2 Å². The van der Waals surface area contributed by atoms with E-state index < -0.39 is 15.6 Å². The van der Waals surface area contributed by atoms with Crippen molar-refractivity contribution in [3.63, 3.8) is 0 Å². The first-order valence-corrected chi connectivity index (χ1v) is 9.28. The van der Waals surface area contributed by atoms with Crippen LogP contribution in [0.4, 0.5) is 0 Å². The number of H-pyrrole nitrogens is 1. The molecule has 8 heteroatoms. The Kier molecular flexibility index (Phi) is 4.62. The van der Waals surface area contributed by atoms with E-state index in [4.69, 9.17) is 0 Å². The highest BCUT2D eigenvalue weighted by molar-refractivity contribution is 7.88. The third-order valence-electron chi connectivity index (χ3n) is 3.83. The maximum Gasteiger partial charge on any atom is 0.243 e. The molecule has 0 spiro atoms. The van der Waals surface area contributed by atoms with Crippen LogP contribution >= 0.6 is 0 Å². The zero-order chi connectivity index (χ0) is 16.5. The van der Waals surface area contributed by atoms with Gasteiger partial charge in [0.2, 0.25) is 15.9 Å². The van der Waals surface area contributed by atoms with Gasteiger partial charge < -0.3 is 4.90 Å². The van der Waals surface area contributed by atoms with Crippen molar-refractivity contribution in [3.05, 3.63) is 17.5 Å². The maximum absolute atomic E-state index is 12.7. The number of piperidine rings is 1. The van der Waals surface area contributed by atoms with Gasteiger partial charge in [0, 0.05) is 24.7 Å². The number of amides is 1. The minimum absolute atomic E-state index is 0.191. The zero-order valence-corrected chi connectivity index (χ0v) is 14.3. The Morgan fingerprint density at radius 3 is 2.73 bits per heavy atom. The summed E-state index contributed by atoms with van der Waals surface area (Å²) in [6.07, 6.45) is 2.93. The van der Waals surface area contributed by atoms with Gasteiger partial charge in [0.15, 0.2) is 0 Å². The van der Waals surface area contributed by atoms with Crippen molar-refractivity contribution in [3.8, 4) is 0 Å². The molecule has 1 aromatic rings. The first kappa shape index (κ1) is 17.0. The highest BCUT2D eigenvalue weighted by atomic mass is 32.2. The summed E-state index contributed by atoms with van der Waals surface area (Å²) < 4.78 is 25.3. The van der Waals surface area contributed by atoms with Crippen LogP contribution in [-0.2, 0) is 14.8 Å². The number of aromatic amines is 1. The van der Waals surface area contributed by atoms with E-state index in [2.05, 4.69) is 14.9 Å². The number of rotatable bonds is 4. The highest BCUT2D eigenvalue weighted by Crippen LogP contribution is 2.27. The van der Waals surface area contributed by atoms with Gasteiger partial charge in [0.25, 0.3) is 0 Å². The lowest BCUT2D eigenvalue weighted by Gasteiger charge is -2.37. The molecular formula is C14H24N4O3S. The van der Waals surface area contributed by atoms with Crippen LogP contribution in [0.1, 0.15) is 44.0 Å². The Balaban J connectivity index is 2.10. The fourth-order valence-corrected chi connectivity index (χ4v) is 3.97. The van der Waals surface area contributed by atoms with Gasteiger partial charge in [0.1, 0.15) is 5.54 Å². The SMILES string of the molecule is Cc1cc(C2CCCN(C(=O)C(C)(C)NS(C)(=O)=O)C2)n[nH]1. The lowest BCUT2D eigenvalue weighted by atomic mass is 9.93. The number of likely N-dealkylation sites (tertiary alicyclic amines) is 1. The molecule has 1 aromatic heterocycles. The van der Waals surface area contributed by atoms with Crippen LogP contribution in [0, 0.1) is 6.92 Å². The summed E-state index contributed by atoms with van der Waals surface area (Å²) in [5.74, 6) is -0.00781. The van der Waals surface area contributed by atoms with Crippen molar-refractivity contribution in [1.82, 2.24) is 19.8 Å². The van der Waals surface area contributed by atoms with Crippen LogP contribution in [0.3, 0.4) is 0 Å². The lowest BCUT2D eigenvalue weighted by Crippen LogP contribution is -2.57. The van der Waals surface area contributed by atoms with Gasteiger partial charge in [-0.3, -0.25) is 9.89 Å². The monoisotopic (exact) mass is 328 g/mol.